The lowest BCUT2D eigenvalue weighted by molar-refractivity contribution is -0.913. The Bertz CT molecular complexity index is 663. The zero-order valence-corrected chi connectivity index (χ0v) is 19.7. The van der Waals surface area contributed by atoms with Crippen molar-refractivity contribution in [2.45, 2.75) is 32.4 Å². The number of ether oxygens (including phenoxy) is 2. The van der Waals surface area contributed by atoms with Crippen LogP contribution in [0.4, 0.5) is 0 Å². The third-order valence-corrected chi connectivity index (χ3v) is 5.98. The molecular formula is C24H35BrN2O2. The molecule has 0 unspecified atom stereocenters. The number of halogens is 1. The third-order valence-electron chi connectivity index (χ3n) is 5.98. The van der Waals surface area contributed by atoms with Gasteiger partial charge in [-0.25, -0.2) is 0 Å². The van der Waals surface area contributed by atoms with Crippen molar-refractivity contribution in [2.24, 2.45) is 0 Å². The van der Waals surface area contributed by atoms with E-state index < -0.39 is 0 Å². The number of nitrogens with zero attached hydrogens (tertiary/aromatic N) is 2. The molecule has 3 rings (SSSR count). The first-order valence-electron chi connectivity index (χ1n) is 10.4. The van der Waals surface area contributed by atoms with Gasteiger partial charge in [0.1, 0.15) is 11.5 Å². The second kappa shape index (κ2) is 11.6. The quantitative estimate of drug-likeness (QED) is 0.524. The summed E-state index contributed by atoms with van der Waals surface area (Å²) in [6, 6.07) is 16.9. The second-order valence-corrected chi connectivity index (χ2v) is 8.26. The summed E-state index contributed by atoms with van der Waals surface area (Å²) in [6.45, 7) is 6.87. The molecule has 0 saturated carbocycles. The number of quaternary nitrogens is 1. The fraction of sp³-hybridized carbons (Fsp3) is 0.500. The van der Waals surface area contributed by atoms with Gasteiger partial charge in [-0.2, -0.15) is 0 Å². The summed E-state index contributed by atoms with van der Waals surface area (Å²) in [6.07, 6.45) is 4.14. The lowest BCUT2D eigenvalue weighted by atomic mass is 10.1. The van der Waals surface area contributed by atoms with Gasteiger partial charge in [-0.15, -0.1) is 0 Å². The van der Waals surface area contributed by atoms with Gasteiger partial charge in [0, 0.05) is 19.6 Å². The smallest absolute Gasteiger partial charge is 0.118 e. The number of hydrogen-bond donors (Lipinski definition) is 0. The van der Waals surface area contributed by atoms with E-state index in [2.05, 4.69) is 60.5 Å². The molecule has 0 spiro atoms. The molecule has 1 saturated heterocycles. The highest BCUT2D eigenvalue weighted by Crippen LogP contribution is 2.19. The lowest BCUT2D eigenvalue weighted by Gasteiger charge is -2.39. The molecular weight excluding hydrogens is 428 g/mol. The molecule has 0 N–H and O–H groups in total. The van der Waals surface area contributed by atoms with Crippen LogP contribution in [0.25, 0.3) is 0 Å². The Labute approximate surface area is 186 Å². The van der Waals surface area contributed by atoms with Crippen molar-refractivity contribution >= 4 is 0 Å². The minimum absolute atomic E-state index is 0. The van der Waals surface area contributed by atoms with E-state index in [1.165, 1.54) is 54.5 Å². The number of likely N-dealkylation sites (N-methyl/N-ethyl adjacent to an activating group) is 1. The number of hydrogen-bond acceptors (Lipinski definition) is 3. The maximum Gasteiger partial charge on any atom is 0.118 e. The van der Waals surface area contributed by atoms with Gasteiger partial charge >= 0.3 is 0 Å². The van der Waals surface area contributed by atoms with E-state index in [0.717, 1.165) is 31.1 Å². The molecule has 0 atom stereocenters. The molecule has 0 amide bonds. The van der Waals surface area contributed by atoms with E-state index in [9.17, 15) is 0 Å². The molecule has 29 heavy (non-hydrogen) atoms. The Hall–Kier alpha value is -1.56. The summed E-state index contributed by atoms with van der Waals surface area (Å²) in [7, 11) is 5.86. The van der Waals surface area contributed by atoms with Gasteiger partial charge in [0.2, 0.25) is 0 Å². The average molecular weight is 463 g/mol. The summed E-state index contributed by atoms with van der Waals surface area (Å²) in [4.78, 5) is 2.57. The minimum Gasteiger partial charge on any atom is -1.00 e. The van der Waals surface area contributed by atoms with E-state index in [0.29, 0.717) is 0 Å². The maximum absolute atomic E-state index is 5.30. The van der Waals surface area contributed by atoms with Gasteiger partial charge < -0.3 is 30.9 Å². The largest absolute Gasteiger partial charge is 1.00 e. The number of methoxy groups -OCH3 is 2. The Morgan fingerprint density at radius 2 is 1.21 bits per heavy atom. The third kappa shape index (κ3) is 7.32. The molecule has 0 aliphatic carbocycles. The van der Waals surface area contributed by atoms with Crippen LogP contribution in [-0.4, -0.2) is 56.8 Å². The van der Waals surface area contributed by atoms with E-state index in [1.54, 1.807) is 14.2 Å². The first kappa shape index (κ1) is 23.7. The molecule has 1 heterocycles. The molecule has 1 aliphatic rings. The van der Waals surface area contributed by atoms with Crippen LogP contribution < -0.4 is 26.5 Å². The number of rotatable bonds is 9. The van der Waals surface area contributed by atoms with Gasteiger partial charge in [0.25, 0.3) is 0 Å². The molecule has 0 aromatic heterocycles. The standard InChI is InChI=1S/C24H35N2O2.BrH/c1-26(16-5-4-6-17-26)18-15-25(19-21-7-11-23(27-2)12-8-21)20-22-9-13-24(28-3)14-10-22;/h7-14H,4-6,15-20H2,1-3H3;1H/q+1;/p-1. The summed E-state index contributed by atoms with van der Waals surface area (Å²) < 4.78 is 11.8. The van der Waals surface area contributed by atoms with Gasteiger partial charge in [0.05, 0.1) is 40.9 Å². The van der Waals surface area contributed by atoms with Crippen molar-refractivity contribution in [1.29, 1.82) is 0 Å². The molecule has 1 fully saturated rings. The zero-order valence-electron chi connectivity index (χ0n) is 18.1. The van der Waals surface area contributed by atoms with Crippen LogP contribution in [0.2, 0.25) is 0 Å². The Balaban J connectivity index is 0.00000300. The molecule has 2 aromatic carbocycles. The predicted molar refractivity (Wildman–Crippen MR) is 115 cm³/mol. The lowest BCUT2D eigenvalue weighted by Crippen LogP contribution is -3.00. The number of likely N-dealkylation sites (tertiary alicyclic amines) is 1. The van der Waals surface area contributed by atoms with E-state index in [1.807, 2.05) is 0 Å². The topological polar surface area (TPSA) is 21.7 Å². The fourth-order valence-corrected chi connectivity index (χ4v) is 4.07. The van der Waals surface area contributed by atoms with Gasteiger partial charge in [-0.1, -0.05) is 24.3 Å². The Kier molecular flexibility index (Phi) is 9.47. The van der Waals surface area contributed by atoms with E-state index >= 15 is 0 Å². The minimum atomic E-state index is 0. The van der Waals surface area contributed by atoms with Crippen LogP contribution in [0.1, 0.15) is 30.4 Å². The summed E-state index contributed by atoms with van der Waals surface area (Å²) >= 11 is 0. The highest BCUT2D eigenvalue weighted by molar-refractivity contribution is 5.28. The van der Waals surface area contributed by atoms with E-state index in [4.69, 9.17) is 9.47 Å². The monoisotopic (exact) mass is 462 g/mol. The van der Waals surface area contributed by atoms with Gasteiger partial charge in [-0.05, 0) is 54.7 Å². The van der Waals surface area contributed by atoms with Crippen LogP contribution in [0.3, 0.4) is 0 Å². The molecule has 5 heteroatoms. The van der Waals surface area contributed by atoms with Crippen LogP contribution in [0, 0.1) is 0 Å². The summed E-state index contributed by atoms with van der Waals surface area (Å²) in [5.74, 6) is 1.83. The van der Waals surface area contributed by atoms with Gasteiger partial charge in [0.15, 0.2) is 0 Å². The zero-order chi connectivity index (χ0) is 19.8. The van der Waals surface area contributed by atoms with Crippen molar-refractivity contribution < 1.29 is 30.9 Å². The number of benzene rings is 2. The van der Waals surface area contributed by atoms with Crippen molar-refractivity contribution in [3.63, 3.8) is 0 Å². The van der Waals surface area contributed by atoms with Crippen LogP contribution in [0.5, 0.6) is 11.5 Å². The molecule has 1 aliphatic heterocycles. The highest BCUT2D eigenvalue weighted by atomic mass is 79.9. The summed E-state index contributed by atoms with van der Waals surface area (Å²) in [5.41, 5.74) is 2.66. The van der Waals surface area contributed by atoms with Crippen LogP contribution in [-0.2, 0) is 13.1 Å². The Morgan fingerprint density at radius 1 is 0.759 bits per heavy atom. The first-order valence-corrected chi connectivity index (χ1v) is 10.4. The van der Waals surface area contributed by atoms with Crippen LogP contribution in [0.15, 0.2) is 48.5 Å². The normalized spacial score (nSPS) is 15.6. The first-order chi connectivity index (χ1) is 13.6. The highest BCUT2D eigenvalue weighted by Gasteiger charge is 2.25. The second-order valence-electron chi connectivity index (χ2n) is 8.26. The molecule has 4 nitrogen and oxygen atoms in total. The molecule has 160 valence electrons. The maximum atomic E-state index is 5.30. The van der Waals surface area contributed by atoms with Crippen molar-refractivity contribution in [3.8, 4) is 11.5 Å². The van der Waals surface area contributed by atoms with Crippen molar-refractivity contribution in [1.82, 2.24) is 4.90 Å². The predicted octanol–water partition coefficient (Wildman–Crippen LogP) is 1.34. The molecule has 0 bridgehead atoms. The fourth-order valence-electron chi connectivity index (χ4n) is 4.07. The average Bonchev–Trinajstić information content (AvgIpc) is 2.74. The summed E-state index contributed by atoms with van der Waals surface area (Å²) in [5, 5.41) is 0. The van der Waals surface area contributed by atoms with Crippen molar-refractivity contribution in [3.05, 3.63) is 59.7 Å². The van der Waals surface area contributed by atoms with Crippen LogP contribution >= 0.6 is 0 Å². The molecule has 2 aromatic rings. The SMILES string of the molecule is COc1ccc(CN(CC[N+]2(C)CCCCC2)Cc2ccc(OC)cc2)cc1.[Br-]. The number of piperidine rings is 1. The van der Waals surface area contributed by atoms with Gasteiger partial charge in [-0.3, -0.25) is 4.90 Å². The Morgan fingerprint density at radius 3 is 1.62 bits per heavy atom. The van der Waals surface area contributed by atoms with E-state index in [-0.39, 0.29) is 17.0 Å². The van der Waals surface area contributed by atoms with Crippen molar-refractivity contribution in [2.75, 3.05) is 47.4 Å². The molecule has 0 radical (unpaired) electrons.